The SMILES string of the molecule is CCCCCCCCCCCCCCCCc1ccc(S(=O)(=O)Oc2cscc2OS(=O)(=O)c2ccc(CCCCCCCCCCCC)cc2)cc1. The Morgan fingerprint density at radius 3 is 0.943 bits per heavy atom. The van der Waals surface area contributed by atoms with Crippen LogP contribution in [-0.2, 0) is 33.1 Å². The maximum absolute atomic E-state index is 13.1. The summed E-state index contributed by atoms with van der Waals surface area (Å²) in [7, 11) is -8.37. The first-order valence-corrected chi connectivity index (χ1v) is 24.6. The predicted molar refractivity (Wildman–Crippen MR) is 222 cm³/mol. The van der Waals surface area contributed by atoms with Crippen LogP contribution in [0.25, 0.3) is 0 Å². The number of rotatable bonds is 32. The van der Waals surface area contributed by atoms with E-state index in [1.165, 1.54) is 152 Å². The Kier molecular flexibility index (Phi) is 22.5. The third kappa shape index (κ3) is 18.7. The summed E-state index contributed by atoms with van der Waals surface area (Å²) in [6.45, 7) is 4.51. The van der Waals surface area contributed by atoms with Crippen molar-refractivity contribution in [3.8, 4) is 11.5 Å². The van der Waals surface area contributed by atoms with Crippen LogP contribution in [0.3, 0.4) is 0 Å². The molecule has 3 rings (SSSR count). The van der Waals surface area contributed by atoms with Crippen LogP contribution in [0.2, 0.25) is 0 Å². The Bertz CT molecular complexity index is 1580. The highest BCUT2D eigenvalue weighted by Gasteiger charge is 2.24. The molecule has 0 fully saturated rings. The number of hydrogen-bond donors (Lipinski definition) is 0. The lowest BCUT2D eigenvalue weighted by Crippen LogP contribution is -2.13. The Hall–Kier alpha value is -2.36. The number of hydrogen-bond acceptors (Lipinski definition) is 7. The van der Waals surface area contributed by atoms with Gasteiger partial charge >= 0.3 is 20.2 Å². The minimum absolute atomic E-state index is 0.0127. The van der Waals surface area contributed by atoms with Crippen molar-refractivity contribution in [1.82, 2.24) is 0 Å². The molecule has 3 aromatic rings. The highest BCUT2D eigenvalue weighted by atomic mass is 32.2. The summed E-state index contributed by atoms with van der Waals surface area (Å²) in [4.78, 5) is 0.0268. The van der Waals surface area contributed by atoms with E-state index in [4.69, 9.17) is 8.37 Å². The molecule has 0 saturated heterocycles. The van der Waals surface area contributed by atoms with Gasteiger partial charge in [0.1, 0.15) is 9.79 Å². The minimum atomic E-state index is -4.19. The van der Waals surface area contributed by atoms with Crippen molar-refractivity contribution in [2.45, 2.75) is 191 Å². The highest BCUT2D eigenvalue weighted by Crippen LogP contribution is 2.36. The third-order valence-corrected chi connectivity index (χ3v) is 13.3. The Morgan fingerprint density at radius 2 is 0.660 bits per heavy atom. The zero-order valence-corrected chi connectivity index (χ0v) is 35.3. The van der Waals surface area contributed by atoms with Gasteiger partial charge in [-0.1, -0.05) is 179 Å². The van der Waals surface area contributed by atoms with E-state index in [-0.39, 0.29) is 21.3 Å². The molecule has 53 heavy (non-hydrogen) atoms. The van der Waals surface area contributed by atoms with Gasteiger partial charge in [0.2, 0.25) is 0 Å². The normalized spacial score (nSPS) is 12.0. The van der Waals surface area contributed by atoms with Crippen molar-refractivity contribution in [2.75, 3.05) is 0 Å². The molecule has 0 atom stereocenters. The first kappa shape index (κ1) is 45.0. The molecule has 2 aromatic carbocycles. The van der Waals surface area contributed by atoms with Crippen molar-refractivity contribution in [2.24, 2.45) is 0 Å². The molecule has 6 nitrogen and oxygen atoms in total. The van der Waals surface area contributed by atoms with Gasteiger partial charge in [-0.3, -0.25) is 0 Å². The second-order valence-electron chi connectivity index (χ2n) is 14.7. The van der Waals surface area contributed by atoms with Crippen molar-refractivity contribution < 1.29 is 25.2 Å². The number of unbranched alkanes of at least 4 members (excludes halogenated alkanes) is 22. The molecule has 0 bridgehead atoms. The number of benzene rings is 2. The first-order chi connectivity index (χ1) is 25.7. The van der Waals surface area contributed by atoms with Crippen molar-refractivity contribution >= 4 is 31.6 Å². The molecule has 0 unspecified atom stereocenters. The largest absolute Gasteiger partial charge is 0.374 e. The van der Waals surface area contributed by atoms with E-state index in [0.29, 0.717) is 0 Å². The van der Waals surface area contributed by atoms with Crippen LogP contribution in [0.5, 0.6) is 11.5 Å². The van der Waals surface area contributed by atoms with E-state index in [1.54, 1.807) is 24.3 Å². The van der Waals surface area contributed by atoms with Gasteiger partial charge in [-0.15, -0.1) is 11.3 Å². The minimum Gasteiger partial charge on any atom is -0.374 e. The van der Waals surface area contributed by atoms with Crippen LogP contribution in [0.15, 0.2) is 69.1 Å². The first-order valence-electron chi connectivity index (χ1n) is 20.9. The van der Waals surface area contributed by atoms with E-state index < -0.39 is 20.2 Å². The van der Waals surface area contributed by atoms with E-state index in [0.717, 1.165) is 48.1 Å². The molecule has 0 aliphatic carbocycles. The zero-order valence-electron chi connectivity index (χ0n) is 32.8. The van der Waals surface area contributed by atoms with Gasteiger partial charge < -0.3 is 8.37 Å². The summed E-state index contributed by atoms with van der Waals surface area (Å²) in [6.07, 6.45) is 33.0. The van der Waals surface area contributed by atoms with Crippen LogP contribution in [0.4, 0.5) is 0 Å². The Labute approximate surface area is 327 Å². The zero-order chi connectivity index (χ0) is 38.0. The van der Waals surface area contributed by atoms with Gasteiger partial charge in [0.25, 0.3) is 0 Å². The third-order valence-electron chi connectivity index (χ3n) is 10.1. The molecule has 9 heteroatoms. The molecule has 0 N–H and O–H groups in total. The average Bonchev–Trinajstić information content (AvgIpc) is 3.57. The van der Waals surface area contributed by atoms with Gasteiger partial charge in [-0.05, 0) is 61.1 Å². The fourth-order valence-electron chi connectivity index (χ4n) is 6.71. The molecular formula is C44H68O6S3. The van der Waals surface area contributed by atoms with E-state index in [9.17, 15) is 16.8 Å². The van der Waals surface area contributed by atoms with E-state index in [1.807, 2.05) is 24.3 Å². The van der Waals surface area contributed by atoms with E-state index in [2.05, 4.69) is 13.8 Å². The monoisotopic (exact) mass is 788 g/mol. The summed E-state index contributed by atoms with van der Waals surface area (Å²) in [5, 5.41) is 2.86. The quantitative estimate of drug-likeness (QED) is 0.0462. The predicted octanol–water partition coefficient (Wildman–Crippen LogP) is 13.8. The lowest BCUT2D eigenvalue weighted by molar-refractivity contribution is 0.451. The fraction of sp³-hybridized carbons (Fsp3) is 0.636. The number of aryl methyl sites for hydroxylation is 2. The molecule has 0 radical (unpaired) electrons. The smallest absolute Gasteiger partial charge is 0.339 e. The van der Waals surface area contributed by atoms with Crippen molar-refractivity contribution in [3.05, 3.63) is 70.4 Å². The Balaban J connectivity index is 1.35. The molecule has 298 valence electrons. The molecular weight excluding hydrogens is 721 g/mol. The van der Waals surface area contributed by atoms with Crippen molar-refractivity contribution in [1.29, 1.82) is 0 Å². The summed E-state index contributed by atoms with van der Waals surface area (Å²) in [6, 6.07) is 13.5. The maximum Gasteiger partial charge on any atom is 0.339 e. The van der Waals surface area contributed by atoms with Crippen LogP contribution in [0, 0.1) is 0 Å². The second kappa shape index (κ2) is 26.4. The molecule has 0 aliphatic heterocycles. The van der Waals surface area contributed by atoms with Gasteiger partial charge in [0.05, 0.1) is 0 Å². The topological polar surface area (TPSA) is 86.7 Å². The number of thiophene rings is 1. The molecule has 0 amide bonds. The summed E-state index contributed by atoms with van der Waals surface area (Å²) < 4.78 is 63.2. The van der Waals surface area contributed by atoms with Gasteiger partial charge in [-0.2, -0.15) is 16.8 Å². The molecule has 0 aliphatic rings. The standard InChI is InChI=1S/C44H68O6S3/c1-3-5-7-9-11-13-15-16-17-18-20-22-24-26-28-40-31-35-42(36-32-40)53(47,48)50-44-38-51-37-43(44)49-52(45,46)41-33-29-39(30-34-41)27-25-23-21-19-14-12-10-8-6-4-2/h29-38H,3-28H2,1-2H3. The molecule has 1 heterocycles. The average molecular weight is 789 g/mol. The lowest BCUT2D eigenvalue weighted by atomic mass is 10.0. The van der Waals surface area contributed by atoms with Crippen LogP contribution in [0.1, 0.15) is 179 Å². The Morgan fingerprint density at radius 1 is 0.396 bits per heavy atom. The molecule has 1 aromatic heterocycles. The summed E-state index contributed by atoms with van der Waals surface area (Å²) in [5.41, 5.74) is 2.17. The van der Waals surface area contributed by atoms with E-state index >= 15 is 0 Å². The van der Waals surface area contributed by atoms with Gasteiger partial charge in [0, 0.05) is 10.8 Å². The lowest BCUT2D eigenvalue weighted by Gasteiger charge is -2.10. The van der Waals surface area contributed by atoms with Crippen molar-refractivity contribution in [3.63, 3.8) is 0 Å². The van der Waals surface area contributed by atoms with Gasteiger partial charge in [-0.25, -0.2) is 0 Å². The summed E-state index contributed by atoms with van der Waals surface area (Å²) >= 11 is 1.11. The second-order valence-corrected chi connectivity index (χ2v) is 18.6. The van der Waals surface area contributed by atoms with Crippen LogP contribution >= 0.6 is 11.3 Å². The van der Waals surface area contributed by atoms with Crippen LogP contribution < -0.4 is 8.37 Å². The maximum atomic E-state index is 13.1. The summed E-state index contributed by atoms with van der Waals surface area (Å²) in [5.74, 6) is -0.301. The molecule has 0 spiro atoms. The van der Waals surface area contributed by atoms with Gasteiger partial charge in [0.15, 0.2) is 11.5 Å². The molecule has 0 saturated carbocycles. The highest BCUT2D eigenvalue weighted by molar-refractivity contribution is 7.87. The fourth-order valence-corrected chi connectivity index (χ4v) is 9.34. The van der Waals surface area contributed by atoms with Crippen LogP contribution in [-0.4, -0.2) is 16.8 Å².